The average Bonchev–Trinajstić information content (AvgIpc) is 1.69. The van der Waals surface area contributed by atoms with Crippen molar-refractivity contribution >= 4 is 6.09 Å². The van der Waals surface area contributed by atoms with Gasteiger partial charge < -0.3 is 5.11 Å². The van der Waals surface area contributed by atoms with Gasteiger partial charge in [-0.2, -0.15) is 0 Å². The van der Waals surface area contributed by atoms with Crippen LogP contribution in [0.4, 0.5) is 4.79 Å². The number of hydrogen-bond donors (Lipinski definition) is 1. The predicted octanol–water partition coefficient (Wildman–Crippen LogP) is 0.329. The minimum absolute atomic E-state index is 0.528. The molecule has 0 bridgehead atoms. The van der Waals surface area contributed by atoms with Crippen LogP contribution in [0, 0.1) is 9.81 Å². The summed E-state index contributed by atoms with van der Waals surface area (Å²) in [4.78, 5) is 27.9. The molecule has 1 amide bonds. The van der Waals surface area contributed by atoms with E-state index in [0.29, 0.717) is 0 Å². The lowest BCUT2D eigenvalue weighted by Crippen LogP contribution is -2.15. The summed E-state index contributed by atoms with van der Waals surface area (Å²) >= 11 is 0. The second-order valence-electron chi connectivity index (χ2n) is 0.735. The largest absolute Gasteiger partial charge is 0.462 e. The summed E-state index contributed by atoms with van der Waals surface area (Å²) in [6.45, 7) is 0. The summed E-state index contributed by atoms with van der Waals surface area (Å²) in [5, 5.41) is 10.6. The fourth-order valence-electron chi connectivity index (χ4n) is 0.0848. The van der Waals surface area contributed by atoms with E-state index in [0.717, 1.165) is 0 Å². The number of nitroso groups, excluding NO2 is 2. The third-order valence-corrected chi connectivity index (χ3v) is 0.326. The maximum atomic E-state index is 9.50. The maximum absolute atomic E-state index is 9.50. The van der Waals surface area contributed by atoms with Gasteiger partial charge in [0.15, 0.2) is 0 Å². The van der Waals surface area contributed by atoms with Gasteiger partial charge in [0.1, 0.15) is 0 Å². The highest BCUT2D eigenvalue weighted by Gasteiger charge is 2.10. The van der Waals surface area contributed by atoms with Gasteiger partial charge in [0.05, 0.1) is 10.6 Å². The average molecular weight is 119 g/mol. The second-order valence-corrected chi connectivity index (χ2v) is 0.735. The lowest BCUT2D eigenvalue weighted by Gasteiger charge is -1.90. The van der Waals surface area contributed by atoms with Crippen LogP contribution < -0.4 is 0 Å². The highest BCUT2D eigenvalue weighted by atomic mass is 16.5. The highest BCUT2D eigenvalue weighted by Crippen LogP contribution is 1.87. The Bertz CT molecular complexity index is 112. The molecule has 44 valence electrons. The zero-order chi connectivity index (χ0) is 6.57. The monoisotopic (exact) mass is 119 g/mol. The molecule has 0 fully saturated rings. The van der Waals surface area contributed by atoms with E-state index in [2.05, 4.69) is 0 Å². The van der Waals surface area contributed by atoms with E-state index in [1.165, 1.54) is 0 Å². The summed E-state index contributed by atoms with van der Waals surface area (Å²) in [6.07, 6.45) is -1.80. The number of nitrogens with zero attached hydrogens (tertiary/aromatic N) is 3. The fourth-order valence-corrected chi connectivity index (χ4v) is 0.0848. The van der Waals surface area contributed by atoms with Gasteiger partial charge in [-0.15, -0.1) is 9.81 Å². The van der Waals surface area contributed by atoms with Crippen LogP contribution in [-0.4, -0.2) is 16.3 Å². The van der Waals surface area contributed by atoms with Gasteiger partial charge in [-0.05, 0) is 5.12 Å². The van der Waals surface area contributed by atoms with Gasteiger partial charge >= 0.3 is 6.09 Å². The first kappa shape index (κ1) is 6.47. The molecule has 0 saturated carbocycles. The number of carboxylic acid groups (broad SMARTS) is 1. The topological polar surface area (TPSA) is 99.4 Å². The van der Waals surface area contributed by atoms with E-state index in [9.17, 15) is 14.6 Å². The third-order valence-electron chi connectivity index (χ3n) is 0.326. The molecule has 0 spiro atoms. The van der Waals surface area contributed by atoms with Gasteiger partial charge in [0.25, 0.3) is 0 Å². The predicted molar refractivity (Wildman–Crippen MR) is 21.5 cm³/mol. The smallest absolute Gasteiger partial charge is 0.455 e. The molecule has 7 nitrogen and oxygen atoms in total. The molecule has 0 rings (SSSR count). The molecule has 0 aromatic heterocycles. The molecule has 0 aliphatic heterocycles. The van der Waals surface area contributed by atoms with Crippen LogP contribution in [0.5, 0.6) is 0 Å². The van der Waals surface area contributed by atoms with Gasteiger partial charge in [-0.3, -0.25) is 0 Å². The summed E-state index contributed by atoms with van der Waals surface area (Å²) in [5.41, 5.74) is 0. The van der Waals surface area contributed by atoms with Gasteiger partial charge in [-0.1, -0.05) is 0 Å². The summed E-state index contributed by atoms with van der Waals surface area (Å²) in [7, 11) is 0. The Balaban J connectivity index is 3.88. The SMILES string of the molecule is O=NN(N=O)C(=O)O. The minimum atomic E-state index is -1.80. The third kappa shape index (κ3) is 1.29. The lowest BCUT2D eigenvalue weighted by molar-refractivity contribution is 0.147. The van der Waals surface area contributed by atoms with Gasteiger partial charge in [0.2, 0.25) is 0 Å². The zero-order valence-corrected chi connectivity index (χ0v) is 3.51. The minimum Gasteiger partial charge on any atom is -0.462 e. The molecule has 1 N–H and O–H groups in total. The van der Waals surface area contributed by atoms with Crippen LogP contribution in [0.15, 0.2) is 10.6 Å². The Kier molecular flexibility index (Phi) is 2.11. The Morgan fingerprint density at radius 2 is 1.75 bits per heavy atom. The number of amides is 1. The molecule has 0 heterocycles. The maximum Gasteiger partial charge on any atom is 0.455 e. The van der Waals surface area contributed by atoms with Gasteiger partial charge in [0, 0.05) is 0 Å². The molecule has 7 heteroatoms. The number of carbonyl (C=O) groups is 1. The first-order chi connectivity index (χ1) is 3.72. The Morgan fingerprint density at radius 3 is 1.75 bits per heavy atom. The van der Waals surface area contributed by atoms with Crippen molar-refractivity contribution in [2.75, 3.05) is 0 Å². The van der Waals surface area contributed by atoms with Crippen LogP contribution in [0.2, 0.25) is 0 Å². The van der Waals surface area contributed by atoms with Crippen LogP contribution in [0.25, 0.3) is 0 Å². The molecular formula is CHN3O4. The Morgan fingerprint density at radius 1 is 1.38 bits per heavy atom. The van der Waals surface area contributed by atoms with E-state index in [1.807, 2.05) is 0 Å². The van der Waals surface area contributed by atoms with Crippen molar-refractivity contribution in [1.29, 1.82) is 0 Å². The normalized spacial score (nSPS) is 7.50. The highest BCUT2D eigenvalue weighted by molar-refractivity contribution is 5.63. The van der Waals surface area contributed by atoms with Crippen molar-refractivity contribution < 1.29 is 9.90 Å². The standard InChI is InChI=1S/CHN3O4/c5-1(6)4(2-7)3-8/h(H,5,6). The molecular weight excluding hydrogens is 118 g/mol. The zero-order valence-electron chi connectivity index (χ0n) is 3.51. The van der Waals surface area contributed by atoms with E-state index in [4.69, 9.17) is 5.11 Å². The fraction of sp³-hybridized carbons (Fsp3) is 0. The van der Waals surface area contributed by atoms with Crippen LogP contribution in [-0.2, 0) is 0 Å². The molecule has 0 saturated heterocycles. The van der Waals surface area contributed by atoms with Crippen molar-refractivity contribution in [3.8, 4) is 0 Å². The van der Waals surface area contributed by atoms with E-state index >= 15 is 0 Å². The number of hydrogen-bond acceptors (Lipinski definition) is 5. The van der Waals surface area contributed by atoms with E-state index in [-0.39, 0.29) is 0 Å². The molecule has 0 atom stereocenters. The first-order valence-electron chi connectivity index (χ1n) is 1.42. The molecule has 0 aliphatic rings. The van der Waals surface area contributed by atoms with Crippen LogP contribution in [0.1, 0.15) is 0 Å². The Hall–Kier alpha value is -1.53. The second kappa shape index (κ2) is 2.61. The Labute approximate surface area is 42.8 Å². The van der Waals surface area contributed by atoms with Crippen molar-refractivity contribution in [2.45, 2.75) is 0 Å². The molecule has 8 heavy (non-hydrogen) atoms. The molecule has 0 aliphatic carbocycles. The van der Waals surface area contributed by atoms with Gasteiger partial charge in [-0.25, -0.2) is 4.79 Å². The summed E-state index contributed by atoms with van der Waals surface area (Å²) < 4.78 is 0. The van der Waals surface area contributed by atoms with Crippen molar-refractivity contribution in [3.63, 3.8) is 0 Å². The summed E-state index contributed by atoms with van der Waals surface area (Å²) in [6, 6.07) is 0. The first-order valence-corrected chi connectivity index (χ1v) is 1.42. The molecule has 0 aromatic rings. The van der Waals surface area contributed by atoms with Crippen molar-refractivity contribution in [2.24, 2.45) is 10.6 Å². The van der Waals surface area contributed by atoms with E-state index < -0.39 is 11.2 Å². The van der Waals surface area contributed by atoms with Crippen LogP contribution in [0.3, 0.4) is 0 Å². The lowest BCUT2D eigenvalue weighted by atomic mass is 11.2. The molecule has 0 radical (unpaired) electrons. The van der Waals surface area contributed by atoms with E-state index in [1.54, 1.807) is 10.6 Å². The quantitative estimate of drug-likeness (QED) is 0.418. The van der Waals surface area contributed by atoms with Crippen molar-refractivity contribution in [1.82, 2.24) is 5.12 Å². The van der Waals surface area contributed by atoms with Crippen LogP contribution >= 0.6 is 0 Å². The summed E-state index contributed by atoms with van der Waals surface area (Å²) in [5.74, 6) is 0. The number of rotatable bonds is 2. The molecule has 0 aromatic carbocycles. The molecule has 0 unspecified atom stereocenters. The van der Waals surface area contributed by atoms with Crippen molar-refractivity contribution in [3.05, 3.63) is 9.81 Å².